The number of benzene rings is 1. The van der Waals surface area contributed by atoms with Gasteiger partial charge in [0.15, 0.2) is 5.25 Å². The number of anilines is 1. The van der Waals surface area contributed by atoms with E-state index in [0.717, 1.165) is 10.5 Å². The first-order valence-electron chi connectivity index (χ1n) is 8.77. The van der Waals surface area contributed by atoms with Gasteiger partial charge < -0.3 is 4.84 Å². The molecule has 158 valence electrons. The van der Waals surface area contributed by atoms with Gasteiger partial charge in [0.1, 0.15) is 0 Å². The van der Waals surface area contributed by atoms with Gasteiger partial charge >= 0.3 is 5.97 Å². The Morgan fingerprint density at radius 2 is 1.67 bits per heavy atom. The number of imide groups is 2. The molecule has 1 fully saturated rings. The molecule has 1 atom stereocenters. The van der Waals surface area contributed by atoms with Gasteiger partial charge in [-0.25, -0.2) is 9.69 Å². The lowest BCUT2D eigenvalue weighted by Gasteiger charge is -2.14. The van der Waals surface area contributed by atoms with E-state index in [4.69, 9.17) is 4.55 Å². The largest absolute Gasteiger partial charge is 0.333 e. The van der Waals surface area contributed by atoms with Crippen LogP contribution in [0.3, 0.4) is 0 Å². The first kappa shape index (κ1) is 21.3. The minimum absolute atomic E-state index is 0.0632. The van der Waals surface area contributed by atoms with Crippen LogP contribution in [0.25, 0.3) is 0 Å². The molecule has 2 aliphatic heterocycles. The molecule has 1 N–H and O–H groups in total. The van der Waals surface area contributed by atoms with Crippen LogP contribution in [0.1, 0.15) is 24.8 Å². The Labute approximate surface area is 170 Å². The fourth-order valence-corrected chi connectivity index (χ4v) is 3.67. The average Bonchev–Trinajstić information content (AvgIpc) is 3.15. The van der Waals surface area contributed by atoms with Crippen molar-refractivity contribution in [3.8, 4) is 0 Å². The maximum absolute atomic E-state index is 11.9. The van der Waals surface area contributed by atoms with Crippen molar-refractivity contribution < 1.29 is 41.8 Å². The summed E-state index contributed by atoms with van der Waals surface area (Å²) in [5, 5.41) is -1.91. The molecule has 1 aromatic rings. The normalized spacial score (nSPS) is 19.2. The molecular weight excluding hydrogens is 420 g/mol. The summed E-state index contributed by atoms with van der Waals surface area (Å²) >= 11 is 0. The second-order valence-corrected chi connectivity index (χ2v) is 8.16. The summed E-state index contributed by atoms with van der Waals surface area (Å²) in [6.45, 7) is 0. The molecule has 0 aromatic heterocycles. The number of nitrogens with zero attached hydrogens (tertiary/aromatic N) is 2. The van der Waals surface area contributed by atoms with Crippen LogP contribution in [0.4, 0.5) is 5.69 Å². The molecule has 12 heteroatoms. The molecular formula is C18H16N2O9S. The Hall–Kier alpha value is -3.38. The van der Waals surface area contributed by atoms with Gasteiger partial charge in [-0.3, -0.25) is 23.7 Å². The topological polar surface area (TPSA) is 155 Å². The molecule has 0 spiro atoms. The van der Waals surface area contributed by atoms with Gasteiger partial charge in [0, 0.05) is 18.6 Å². The molecule has 0 aliphatic carbocycles. The first-order chi connectivity index (χ1) is 14.1. The van der Waals surface area contributed by atoms with Crippen molar-refractivity contribution in [2.24, 2.45) is 0 Å². The van der Waals surface area contributed by atoms with E-state index in [1.165, 1.54) is 12.2 Å². The Kier molecular flexibility index (Phi) is 5.80. The molecule has 2 aliphatic rings. The molecule has 0 saturated carbocycles. The van der Waals surface area contributed by atoms with Crippen LogP contribution in [-0.2, 0) is 45.3 Å². The van der Waals surface area contributed by atoms with Gasteiger partial charge in [0.2, 0.25) is 0 Å². The molecule has 3 rings (SSSR count). The van der Waals surface area contributed by atoms with E-state index < -0.39 is 51.4 Å². The van der Waals surface area contributed by atoms with Crippen LogP contribution < -0.4 is 4.90 Å². The number of hydroxylamine groups is 2. The lowest BCUT2D eigenvalue weighted by molar-refractivity contribution is -0.197. The summed E-state index contributed by atoms with van der Waals surface area (Å²) in [6.07, 6.45) is 2.10. The maximum Gasteiger partial charge on any atom is 0.333 e. The fourth-order valence-electron chi connectivity index (χ4n) is 2.96. The highest BCUT2D eigenvalue weighted by Gasteiger charge is 2.48. The van der Waals surface area contributed by atoms with Crippen LogP contribution in [0.15, 0.2) is 36.4 Å². The van der Waals surface area contributed by atoms with Crippen molar-refractivity contribution in [3.05, 3.63) is 42.0 Å². The van der Waals surface area contributed by atoms with E-state index in [1.807, 2.05) is 0 Å². The third-order valence-corrected chi connectivity index (χ3v) is 5.55. The van der Waals surface area contributed by atoms with Crippen molar-refractivity contribution in [3.63, 3.8) is 0 Å². The summed E-state index contributed by atoms with van der Waals surface area (Å²) in [4.78, 5) is 64.3. The highest BCUT2D eigenvalue weighted by molar-refractivity contribution is 7.87. The smallest absolute Gasteiger partial charge is 0.330 e. The maximum atomic E-state index is 11.9. The van der Waals surface area contributed by atoms with Crippen LogP contribution in [-0.4, -0.2) is 52.9 Å². The quantitative estimate of drug-likeness (QED) is 0.456. The van der Waals surface area contributed by atoms with Gasteiger partial charge in [-0.15, -0.1) is 5.06 Å². The van der Waals surface area contributed by atoms with Gasteiger partial charge in [-0.05, 0) is 30.5 Å². The number of hydrogen-bond acceptors (Lipinski definition) is 8. The molecule has 1 aromatic carbocycles. The molecule has 0 radical (unpaired) electrons. The number of rotatable bonds is 7. The zero-order valence-electron chi connectivity index (χ0n) is 15.4. The van der Waals surface area contributed by atoms with Crippen molar-refractivity contribution in [2.45, 2.75) is 30.9 Å². The van der Waals surface area contributed by atoms with Crippen molar-refractivity contribution in [1.29, 1.82) is 0 Å². The molecule has 11 nitrogen and oxygen atoms in total. The number of carbonyl (C=O) groups is 5. The predicted molar refractivity (Wildman–Crippen MR) is 98.9 cm³/mol. The highest BCUT2D eigenvalue weighted by atomic mass is 32.2. The van der Waals surface area contributed by atoms with E-state index in [2.05, 4.69) is 4.84 Å². The highest BCUT2D eigenvalue weighted by Crippen LogP contribution is 2.22. The Balaban J connectivity index is 1.49. The third kappa shape index (κ3) is 4.44. The second kappa shape index (κ2) is 8.16. The van der Waals surface area contributed by atoms with Crippen LogP contribution >= 0.6 is 0 Å². The third-order valence-electron chi connectivity index (χ3n) is 4.46. The standard InChI is InChI=1S/C18H16N2O9S/c21-14-8-9-15(22)19(14)12-6-4-11(5-7-12)2-1-3-17(24)29-20-16(23)10-13(18(20)25)30(26,27)28/h4-9,13H,1-3,10H2,(H,26,27,28)/t13-/m1/s1. The lowest BCUT2D eigenvalue weighted by Crippen LogP contribution is -2.36. The molecule has 0 bridgehead atoms. The summed E-state index contributed by atoms with van der Waals surface area (Å²) in [7, 11) is -4.78. The van der Waals surface area contributed by atoms with Crippen molar-refractivity contribution in [1.82, 2.24) is 5.06 Å². The summed E-state index contributed by atoms with van der Waals surface area (Å²) in [5.74, 6) is -4.13. The van der Waals surface area contributed by atoms with E-state index in [-0.39, 0.29) is 11.5 Å². The number of aryl methyl sites for hydroxylation is 1. The molecule has 0 unspecified atom stereocenters. The van der Waals surface area contributed by atoms with Gasteiger partial charge in [0.05, 0.1) is 12.1 Å². The Morgan fingerprint density at radius 3 is 2.20 bits per heavy atom. The number of carbonyl (C=O) groups excluding carboxylic acids is 5. The minimum Gasteiger partial charge on any atom is -0.330 e. The minimum atomic E-state index is -4.78. The van der Waals surface area contributed by atoms with Crippen LogP contribution in [0.5, 0.6) is 0 Å². The number of hydrogen-bond donors (Lipinski definition) is 1. The van der Waals surface area contributed by atoms with Crippen molar-refractivity contribution in [2.75, 3.05) is 4.90 Å². The molecule has 30 heavy (non-hydrogen) atoms. The van der Waals surface area contributed by atoms with Gasteiger partial charge in [-0.2, -0.15) is 8.42 Å². The fraction of sp³-hybridized carbons (Fsp3) is 0.278. The second-order valence-electron chi connectivity index (χ2n) is 6.56. The van der Waals surface area contributed by atoms with Crippen molar-refractivity contribution >= 4 is 45.4 Å². The SMILES string of the molecule is O=C(CCCc1ccc(N2C(=O)C=CC2=O)cc1)ON1C(=O)C[C@@H](S(=O)(=O)O)C1=O. The summed E-state index contributed by atoms with van der Waals surface area (Å²) < 4.78 is 31.1. The van der Waals surface area contributed by atoms with E-state index in [1.54, 1.807) is 24.3 Å². The lowest BCUT2D eigenvalue weighted by atomic mass is 10.1. The van der Waals surface area contributed by atoms with Crippen LogP contribution in [0, 0.1) is 0 Å². The summed E-state index contributed by atoms with van der Waals surface area (Å²) in [5.41, 5.74) is 1.22. The Morgan fingerprint density at radius 1 is 1.07 bits per heavy atom. The monoisotopic (exact) mass is 436 g/mol. The summed E-state index contributed by atoms with van der Waals surface area (Å²) in [6, 6.07) is 6.55. The molecule has 4 amide bonds. The zero-order valence-corrected chi connectivity index (χ0v) is 16.2. The van der Waals surface area contributed by atoms with Gasteiger partial charge in [-0.1, -0.05) is 12.1 Å². The van der Waals surface area contributed by atoms with E-state index >= 15 is 0 Å². The Bertz CT molecular complexity index is 1040. The average molecular weight is 436 g/mol. The molecule has 2 heterocycles. The van der Waals surface area contributed by atoms with E-state index in [9.17, 15) is 32.4 Å². The first-order valence-corrected chi connectivity index (χ1v) is 10.3. The number of amides is 4. The van der Waals surface area contributed by atoms with Gasteiger partial charge in [0.25, 0.3) is 33.7 Å². The van der Waals surface area contributed by atoms with E-state index in [0.29, 0.717) is 18.5 Å². The molecule has 1 saturated heterocycles. The van der Waals surface area contributed by atoms with Crippen LogP contribution in [0.2, 0.25) is 0 Å². The predicted octanol–water partition coefficient (Wildman–Crippen LogP) is -0.0878. The zero-order chi connectivity index (χ0) is 22.1.